The summed E-state index contributed by atoms with van der Waals surface area (Å²) in [5.74, 6) is -0.0973. The second kappa shape index (κ2) is 6.24. The largest absolute Gasteiger partial charge is 0.324 e. The molecule has 1 aliphatic rings. The first-order valence-electron chi connectivity index (χ1n) is 6.74. The Balaban J connectivity index is 0.00000161. The standard InChI is InChI=1S/C14H17N5O.ClH/c15-14(7-1-2-8-14)13(20)18-11-3-5-12(6-4-11)19-16-9-10-17-19;/h3-6,9-10H,1-2,7-8,15H2,(H,18,20);1H. The quantitative estimate of drug-likeness (QED) is 0.907. The molecule has 21 heavy (non-hydrogen) atoms. The first kappa shape index (κ1) is 15.5. The topological polar surface area (TPSA) is 85.8 Å². The number of amides is 1. The fourth-order valence-electron chi connectivity index (χ4n) is 2.52. The number of nitrogens with two attached hydrogens (primary N) is 1. The van der Waals surface area contributed by atoms with Crippen LogP contribution in [0.15, 0.2) is 36.7 Å². The van der Waals surface area contributed by atoms with Gasteiger partial charge in [0.05, 0.1) is 23.6 Å². The van der Waals surface area contributed by atoms with E-state index in [-0.39, 0.29) is 18.3 Å². The molecule has 0 bridgehead atoms. The zero-order valence-corrected chi connectivity index (χ0v) is 12.3. The molecule has 3 N–H and O–H groups in total. The predicted molar refractivity (Wildman–Crippen MR) is 82.6 cm³/mol. The molecular weight excluding hydrogens is 290 g/mol. The van der Waals surface area contributed by atoms with Crippen LogP contribution in [-0.2, 0) is 4.79 Å². The molecule has 7 heteroatoms. The number of hydrogen-bond acceptors (Lipinski definition) is 4. The monoisotopic (exact) mass is 307 g/mol. The third-order valence-corrected chi connectivity index (χ3v) is 3.72. The molecule has 1 fully saturated rings. The number of halogens is 1. The number of benzene rings is 1. The van der Waals surface area contributed by atoms with Crippen molar-refractivity contribution in [3.8, 4) is 5.69 Å². The lowest BCUT2D eigenvalue weighted by Gasteiger charge is -2.22. The molecule has 0 saturated heterocycles. The third kappa shape index (κ3) is 3.22. The number of rotatable bonds is 3. The summed E-state index contributed by atoms with van der Waals surface area (Å²) in [6, 6.07) is 7.37. The maximum atomic E-state index is 12.2. The van der Waals surface area contributed by atoms with Crippen LogP contribution < -0.4 is 11.1 Å². The van der Waals surface area contributed by atoms with Crippen molar-refractivity contribution in [3.05, 3.63) is 36.7 Å². The molecule has 2 aromatic rings. The molecule has 0 spiro atoms. The number of carbonyl (C=O) groups is 1. The second-order valence-corrected chi connectivity index (χ2v) is 5.18. The van der Waals surface area contributed by atoms with Crippen LogP contribution in [0.2, 0.25) is 0 Å². The van der Waals surface area contributed by atoms with Gasteiger partial charge in [0, 0.05) is 5.69 Å². The van der Waals surface area contributed by atoms with Crippen LogP contribution in [0.4, 0.5) is 5.69 Å². The van der Waals surface area contributed by atoms with Crippen molar-refractivity contribution >= 4 is 24.0 Å². The Morgan fingerprint density at radius 2 is 1.71 bits per heavy atom. The number of anilines is 1. The first-order valence-corrected chi connectivity index (χ1v) is 6.74. The molecule has 1 amide bonds. The molecule has 3 rings (SSSR count). The maximum absolute atomic E-state index is 12.2. The van der Waals surface area contributed by atoms with E-state index in [0.717, 1.165) is 37.1 Å². The highest BCUT2D eigenvalue weighted by Gasteiger charge is 2.36. The van der Waals surface area contributed by atoms with E-state index in [1.165, 1.54) is 4.80 Å². The number of nitrogens with zero attached hydrogens (tertiary/aromatic N) is 3. The van der Waals surface area contributed by atoms with Gasteiger partial charge < -0.3 is 11.1 Å². The first-order chi connectivity index (χ1) is 9.67. The van der Waals surface area contributed by atoms with Gasteiger partial charge in [-0.15, -0.1) is 12.4 Å². The fraction of sp³-hybridized carbons (Fsp3) is 0.357. The molecule has 1 aromatic heterocycles. The molecule has 1 aliphatic carbocycles. The maximum Gasteiger partial charge on any atom is 0.244 e. The summed E-state index contributed by atoms with van der Waals surface area (Å²) < 4.78 is 0. The van der Waals surface area contributed by atoms with Crippen LogP contribution in [0.5, 0.6) is 0 Å². The molecule has 1 heterocycles. The lowest BCUT2D eigenvalue weighted by atomic mass is 9.98. The number of aromatic nitrogens is 3. The summed E-state index contributed by atoms with van der Waals surface area (Å²) in [5.41, 5.74) is 7.00. The van der Waals surface area contributed by atoms with Crippen molar-refractivity contribution in [2.45, 2.75) is 31.2 Å². The van der Waals surface area contributed by atoms with Crippen molar-refractivity contribution in [2.24, 2.45) is 5.73 Å². The van der Waals surface area contributed by atoms with Crippen LogP contribution in [0.3, 0.4) is 0 Å². The van der Waals surface area contributed by atoms with Gasteiger partial charge in [-0.2, -0.15) is 15.0 Å². The van der Waals surface area contributed by atoms with E-state index in [1.807, 2.05) is 24.3 Å². The van der Waals surface area contributed by atoms with Crippen molar-refractivity contribution in [2.75, 3.05) is 5.32 Å². The Hall–Kier alpha value is -1.92. The Morgan fingerprint density at radius 3 is 2.29 bits per heavy atom. The van der Waals surface area contributed by atoms with E-state index in [0.29, 0.717) is 0 Å². The molecule has 1 saturated carbocycles. The summed E-state index contributed by atoms with van der Waals surface area (Å²) in [5, 5.41) is 11.0. The summed E-state index contributed by atoms with van der Waals surface area (Å²) >= 11 is 0. The van der Waals surface area contributed by atoms with E-state index >= 15 is 0 Å². The molecule has 1 aromatic carbocycles. The van der Waals surface area contributed by atoms with Gasteiger partial charge in [-0.05, 0) is 37.1 Å². The highest BCUT2D eigenvalue weighted by atomic mass is 35.5. The van der Waals surface area contributed by atoms with Gasteiger partial charge in [-0.1, -0.05) is 12.8 Å². The zero-order valence-electron chi connectivity index (χ0n) is 11.5. The smallest absolute Gasteiger partial charge is 0.244 e. The van der Waals surface area contributed by atoms with Crippen LogP contribution in [-0.4, -0.2) is 26.4 Å². The molecule has 0 aliphatic heterocycles. The third-order valence-electron chi connectivity index (χ3n) is 3.72. The number of nitrogens with one attached hydrogen (secondary N) is 1. The van der Waals surface area contributed by atoms with Gasteiger partial charge in [0.1, 0.15) is 0 Å². The second-order valence-electron chi connectivity index (χ2n) is 5.18. The van der Waals surface area contributed by atoms with Gasteiger partial charge >= 0.3 is 0 Å². The summed E-state index contributed by atoms with van der Waals surface area (Å²) in [6.45, 7) is 0. The predicted octanol–water partition coefficient (Wildman–Crippen LogP) is 1.90. The summed E-state index contributed by atoms with van der Waals surface area (Å²) in [4.78, 5) is 13.7. The number of hydrogen-bond donors (Lipinski definition) is 2. The van der Waals surface area contributed by atoms with Crippen LogP contribution in [0, 0.1) is 0 Å². The van der Waals surface area contributed by atoms with E-state index < -0.39 is 5.54 Å². The Morgan fingerprint density at radius 1 is 1.14 bits per heavy atom. The molecule has 112 valence electrons. The van der Waals surface area contributed by atoms with E-state index in [2.05, 4.69) is 15.5 Å². The SMILES string of the molecule is Cl.NC1(C(=O)Nc2ccc(-n3nccn3)cc2)CCCC1. The average molecular weight is 308 g/mol. The normalized spacial score (nSPS) is 16.2. The van der Waals surface area contributed by atoms with Crippen LogP contribution in [0.25, 0.3) is 5.69 Å². The van der Waals surface area contributed by atoms with E-state index in [4.69, 9.17) is 5.73 Å². The molecule has 0 radical (unpaired) electrons. The van der Waals surface area contributed by atoms with Crippen molar-refractivity contribution in [3.63, 3.8) is 0 Å². The van der Waals surface area contributed by atoms with Crippen molar-refractivity contribution in [1.82, 2.24) is 15.0 Å². The average Bonchev–Trinajstić information content (AvgIpc) is 3.11. The van der Waals surface area contributed by atoms with E-state index in [9.17, 15) is 4.79 Å². The minimum atomic E-state index is -0.706. The highest BCUT2D eigenvalue weighted by molar-refractivity contribution is 5.98. The van der Waals surface area contributed by atoms with E-state index in [1.54, 1.807) is 12.4 Å². The zero-order chi connectivity index (χ0) is 14.0. The lowest BCUT2D eigenvalue weighted by molar-refractivity contribution is -0.121. The number of carbonyl (C=O) groups excluding carboxylic acids is 1. The lowest BCUT2D eigenvalue weighted by Crippen LogP contribution is -2.48. The highest BCUT2D eigenvalue weighted by Crippen LogP contribution is 2.28. The Kier molecular flexibility index (Phi) is 4.59. The van der Waals surface area contributed by atoms with Crippen LogP contribution >= 0.6 is 12.4 Å². The van der Waals surface area contributed by atoms with Gasteiger partial charge in [-0.3, -0.25) is 4.79 Å². The molecule has 0 atom stereocenters. The Labute approximate surface area is 129 Å². The molecule has 0 unspecified atom stereocenters. The van der Waals surface area contributed by atoms with Gasteiger partial charge in [-0.25, -0.2) is 0 Å². The van der Waals surface area contributed by atoms with Crippen molar-refractivity contribution < 1.29 is 4.79 Å². The van der Waals surface area contributed by atoms with Crippen LogP contribution in [0.1, 0.15) is 25.7 Å². The summed E-state index contributed by atoms with van der Waals surface area (Å²) in [7, 11) is 0. The van der Waals surface area contributed by atoms with Gasteiger partial charge in [0.25, 0.3) is 0 Å². The minimum absolute atomic E-state index is 0. The Bertz CT molecular complexity index is 590. The minimum Gasteiger partial charge on any atom is -0.324 e. The van der Waals surface area contributed by atoms with Gasteiger partial charge in [0.15, 0.2) is 0 Å². The molecular formula is C14H18ClN5O. The summed E-state index contributed by atoms with van der Waals surface area (Å²) in [6.07, 6.45) is 6.80. The molecule has 6 nitrogen and oxygen atoms in total. The van der Waals surface area contributed by atoms with Gasteiger partial charge in [0.2, 0.25) is 5.91 Å². The fourth-order valence-corrected chi connectivity index (χ4v) is 2.52. The van der Waals surface area contributed by atoms with Crippen molar-refractivity contribution in [1.29, 1.82) is 0 Å².